The van der Waals surface area contributed by atoms with Crippen molar-refractivity contribution < 1.29 is 14.6 Å². The highest BCUT2D eigenvalue weighted by Gasteiger charge is 2.05. The fraction of sp³-hybridized carbons (Fsp3) is 0.333. The first-order valence-corrected chi connectivity index (χ1v) is 9.84. The first kappa shape index (κ1) is 22.5. The molecule has 1 atom stereocenters. The van der Waals surface area contributed by atoms with Crippen LogP contribution in [0.3, 0.4) is 0 Å². The van der Waals surface area contributed by atoms with E-state index in [9.17, 15) is 9.90 Å². The Hall–Kier alpha value is -2.76. The van der Waals surface area contributed by atoms with E-state index in [0.29, 0.717) is 26.0 Å². The van der Waals surface area contributed by atoms with Crippen LogP contribution in [0.5, 0.6) is 0 Å². The molecule has 2 aromatic carbocycles. The molecular formula is C24H30N2O3. The Kier molecular flexibility index (Phi) is 9.83. The average molecular weight is 395 g/mol. The lowest BCUT2D eigenvalue weighted by atomic mass is 10.0. The van der Waals surface area contributed by atoms with Crippen molar-refractivity contribution in [3.8, 4) is 0 Å². The number of methoxy groups -OCH3 is 1. The highest BCUT2D eigenvalue weighted by Crippen LogP contribution is 2.09. The van der Waals surface area contributed by atoms with Gasteiger partial charge in [-0.2, -0.15) is 0 Å². The van der Waals surface area contributed by atoms with Gasteiger partial charge in [0.1, 0.15) is 0 Å². The normalized spacial score (nSPS) is 12.9. The number of hydrogen-bond donors (Lipinski definition) is 2. The molecule has 0 saturated carbocycles. The zero-order valence-corrected chi connectivity index (χ0v) is 17.2. The first-order valence-electron chi connectivity index (χ1n) is 9.84. The zero-order chi connectivity index (χ0) is 20.9. The third-order valence-electron chi connectivity index (χ3n) is 4.56. The Morgan fingerprint density at radius 3 is 2.52 bits per heavy atom. The predicted molar refractivity (Wildman–Crippen MR) is 117 cm³/mol. The summed E-state index contributed by atoms with van der Waals surface area (Å²) < 4.78 is 4.90. The summed E-state index contributed by atoms with van der Waals surface area (Å²) in [5, 5.41) is 13.1. The number of rotatable bonds is 11. The molecular weight excluding hydrogens is 364 g/mol. The maximum atomic E-state index is 11.6. The minimum atomic E-state index is -0.520. The minimum absolute atomic E-state index is 0.0286. The Balaban J connectivity index is 1.85. The molecule has 0 spiro atoms. The van der Waals surface area contributed by atoms with Gasteiger partial charge in [0.25, 0.3) is 0 Å². The summed E-state index contributed by atoms with van der Waals surface area (Å²) in [5.41, 5.74) is 4.00. The molecule has 2 N–H and O–H groups in total. The maximum Gasteiger partial charge on any atom is 0.222 e. The number of carbonyl (C=O) groups excluding carboxylic acids is 1. The van der Waals surface area contributed by atoms with E-state index >= 15 is 0 Å². The van der Waals surface area contributed by atoms with Crippen LogP contribution in [0.1, 0.15) is 29.5 Å². The quantitative estimate of drug-likeness (QED) is 0.575. The van der Waals surface area contributed by atoms with Gasteiger partial charge in [0.05, 0.1) is 18.4 Å². The zero-order valence-electron chi connectivity index (χ0n) is 17.2. The molecule has 0 saturated heterocycles. The highest BCUT2D eigenvalue weighted by molar-refractivity contribution is 6.08. The second-order valence-corrected chi connectivity index (χ2v) is 6.78. The summed E-state index contributed by atoms with van der Waals surface area (Å²) in [6.07, 6.45) is 4.98. The molecule has 154 valence electrons. The van der Waals surface area contributed by atoms with Crippen molar-refractivity contribution in [2.45, 2.75) is 31.9 Å². The lowest BCUT2D eigenvalue weighted by molar-refractivity contribution is -0.122. The van der Waals surface area contributed by atoms with E-state index in [-0.39, 0.29) is 5.91 Å². The fourth-order valence-electron chi connectivity index (χ4n) is 2.83. The van der Waals surface area contributed by atoms with Gasteiger partial charge >= 0.3 is 0 Å². The number of nitrogens with one attached hydrogen (secondary N) is 1. The van der Waals surface area contributed by atoms with Crippen molar-refractivity contribution in [1.29, 1.82) is 0 Å². The number of aryl methyl sites for hydroxylation is 1. The molecule has 0 bridgehead atoms. The molecule has 2 rings (SSSR count). The van der Waals surface area contributed by atoms with Gasteiger partial charge in [-0.25, -0.2) is 0 Å². The number of hydrogen-bond acceptors (Lipinski definition) is 4. The van der Waals surface area contributed by atoms with Gasteiger partial charge in [-0.15, -0.1) is 0 Å². The molecule has 29 heavy (non-hydrogen) atoms. The van der Waals surface area contributed by atoms with Crippen molar-refractivity contribution in [2.24, 2.45) is 4.99 Å². The lowest BCUT2D eigenvalue weighted by Crippen LogP contribution is -2.23. The van der Waals surface area contributed by atoms with Crippen molar-refractivity contribution in [3.05, 3.63) is 83.4 Å². The first-order chi connectivity index (χ1) is 14.1. The van der Waals surface area contributed by atoms with Crippen LogP contribution in [0.4, 0.5) is 0 Å². The van der Waals surface area contributed by atoms with Crippen molar-refractivity contribution in [2.75, 3.05) is 20.8 Å². The van der Waals surface area contributed by atoms with E-state index in [4.69, 9.17) is 4.74 Å². The Bertz CT molecular complexity index is 799. The van der Waals surface area contributed by atoms with E-state index in [1.54, 1.807) is 20.2 Å². The van der Waals surface area contributed by atoms with Gasteiger partial charge in [-0.3, -0.25) is 9.79 Å². The summed E-state index contributed by atoms with van der Waals surface area (Å²) >= 11 is 0. The second kappa shape index (κ2) is 12.6. The number of benzene rings is 2. The SMILES string of the molecule is CN=C(/C=C\C(O)CCc1ccccc1)c1ccc(CNC(=O)CCOC)cc1. The summed E-state index contributed by atoms with van der Waals surface area (Å²) in [6, 6.07) is 18.0. The van der Waals surface area contributed by atoms with Crippen LogP contribution in [-0.4, -0.2) is 43.6 Å². The van der Waals surface area contributed by atoms with E-state index in [1.165, 1.54) is 5.56 Å². The number of aliphatic hydroxyl groups excluding tert-OH is 1. The largest absolute Gasteiger partial charge is 0.389 e. The van der Waals surface area contributed by atoms with E-state index in [0.717, 1.165) is 23.3 Å². The maximum absolute atomic E-state index is 11.6. The monoisotopic (exact) mass is 394 g/mol. The highest BCUT2D eigenvalue weighted by atomic mass is 16.5. The average Bonchev–Trinajstić information content (AvgIpc) is 2.76. The molecule has 0 aliphatic rings. The van der Waals surface area contributed by atoms with E-state index in [2.05, 4.69) is 22.4 Å². The molecule has 1 amide bonds. The van der Waals surface area contributed by atoms with Crippen molar-refractivity contribution in [1.82, 2.24) is 5.32 Å². The van der Waals surface area contributed by atoms with Crippen molar-refractivity contribution >= 4 is 11.6 Å². The molecule has 0 fully saturated rings. The number of nitrogens with zero attached hydrogens (tertiary/aromatic N) is 1. The summed E-state index contributed by atoms with van der Waals surface area (Å²) in [6.45, 7) is 0.903. The fourth-order valence-corrected chi connectivity index (χ4v) is 2.83. The van der Waals surface area contributed by atoms with Gasteiger partial charge in [0.15, 0.2) is 0 Å². The molecule has 5 heteroatoms. The molecule has 1 unspecified atom stereocenters. The predicted octanol–water partition coefficient (Wildman–Crippen LogP) is 3.31. The third kappa shape index (κ3) is 8.42. The Morgan fingerprint density at radius 1 is 1.14 bits per heavy atom. The number of aliphatic hydroxyl groups is 1. The van der Waals surface area contributed by atoms with Gasteiger partial charge in [0, 0.05) is 27.1 Å². The van der Waals surface area contributed by atoms with Crippen LogP contribution in [0, 0.1) is 0 Å². The van der Waals surface area contributed by atoms with Crippen LogP contribution >= 0.6 is 0 Å². The van der Waals surface area contributed by atoms with Crippen LogP contribution in [0.15, 0.2) is 71.7 Å². The molecule has 0 aliphatic carbocycles. The molecule has 0 radical (unpaired) electrons. The van der Waals surface area contributed by atoms with Crippen LogP contribution in [0.25, 0.3) is 0 Å². The van der Waals surface area contributed by atoms with Gasteiger partial charge < -0.3 is 15.2 Å². The minimum Gasteiger partial charge on any atom is -0.389 e. The van der Waals surface area contributed by atoms with Gasteiger partial charge in [-0.1, -0.05) is 60.7 Å². The van der Waals surface area contributed by atoms with Crippen LogP contribution in [0.2, 0.25) is 0 Å². The number of carbonyl (C=O) groups is 1. The van der Waals surface area contributed by atoms with Gasteiger partial charge in [0.2, 0.25) is 5.91 Å². The standard InChI is InChI=1S/C24H30N2O3/c1-25-23(15-14-22(27)13-10-19-6-4-3-5-7-19)21-11-8-20(9-12-21)18-26-24(28)16-17-29-2/h3-9,11-12,14-15,22,27H,10,13,16-18H2,1-2H3,(H,26,28)/b15-14-,25-23?. The van der Waals surface area contributed by atoms with E-state index in [1.807, 2.05) is 48.5 Å². The number of allylic oxidation sites excluding steroid dienone is 1. The molecule has 0 aromatic heterocycles. The lowest BCUT2D eigenvalue weighted by Gasteiger charge is -2.08. The second-order valence-electron chi connectivity index (χ2n) is 6.78. The van der Waals surface area contributed by atoms with Crippen molar-refractivity contribution in [3.63, 3.8) is 0 Å². The number of aliphatic imine (C=N–C) groups is 1. The third-order valence-corrected chi connectivity index (χ3v) is 4.56. The summed E-state index contributed by atoms with van der Waals surface area (Å²) in [5.74, 6) is -0.0286. The van der Waals surface area contributed by atoms with Gasteiger partial charge in [-0.05, 0) is 35.6 Å². The topological polar surface area (TPSA) is 70.9 Å². The number of amides is 1. The number of ether oxygens (including phenoxy) is 1. The van der Waals surface area contributed by atoms with Crippen LogP contribution < -0.4 is 5.32 Å². The molecule has 0 heterocycles. The summed E-state index contributed by atoms with van der Waals surface area (Å²) in [7, 11) is 3.32. The molecule has 5 nitrogen and oxygen atoms in total. The Labute approximate surface area is 173 Å². The Morgan fingerprint density at radius 2 is 1.86 bits per heavy atom. The van der Waals surface area contributed by atoms with E-state index < -0.39 is 6.10 Å². The molecule has 0 aliphatic heterocycles. The smallest absolute Gasteiger partial charge is 0.222 e. The van der Waals surface area contributed by atoms with Crippen LogP contribution in [-0.2, 0) is 22.5 Å². The summed E-state index contributed by atoms with van der Waals surface area (Å²) in [4.78, 5) is 16.0. The molecule has 2 aromatic rings.